The molecule has 0 bridgehead atoms. The zero-order chi connectivity index (χ0) is 16.7. The van der Waals surface area contributed by atoms with Crippen LogP contribution in [-0.2, 0) is 4.79 Å². The monoisotopic (exact) mass is 318 g/mol. The lowest BCUT2D eigenvalue weighted by Gasteiger charge is -2.63. The second-order valence-corrected chi connectivity index (χ2v) is 9.37. The summed E-state index contributed by atoms with van der Waals surface area (Å²) in [5, 5.41) is 22.7. The summed E-state index contributed by atoms with van der Waals surface area (Å²) in [4.78, 5) is 11.9. The number of carbonyl (C=O) groups excluding carboxylic acids is 1. The van der Waals surface area contributed by atoms with E-state index in [0.29, 0.717) is 12.3 Å². The minimum absolute atomic E-state index is 0.0774. The van der Waals surface area contributed by atoms with Crippen LogP contribution < -0.4 is 0 Å². The maximum Gasteiger partial charge on any atom is 0.155 e. The zero-order valence-corrected chi connectivity index (χ0v) is 14.7. The largest absolute Gasteiger partial charge is 0.390 e. The SMILES string of the molecule is C[C@]1(O)CC[C@H]2[C@@H]3CCC4=CC(=O)CC[C@]4(C)[C@@]3(O)CC[C@@]21C. The summed E-state index contributed by atoms with van der Waals surface area (Å²) in [5.74, 6) is 0.877. The van der Waals surface area contributed by atoms with E-state index >= 15 is 0 Å². The Labute approximate surface area is 139 Å². The molecule has 0 aliphatic heterocycles. The average Bonchev–Trinajstić information content (AvgIpc) is 2.72. The number of aliphatic hydroxyl groups is 2. The smallest absolute Gasteiger partial charge is 0.155 e. The molecule has 0 heterocycles. The first-order chi connectivity index (χ1) is 10.6. The Bertz CT molecular complexity index is 592. The molecule has 3 saturated carbocycles. The summed E-state index contributed by atoms with van der Waals surface area (Å²) in [6, 6.07) is 0. The van der Waals surface area contributed by atoms with Gasteiger partial charge in [0.15, 0.2) is 5.78 Å². The highest BCUT2D eigenvalue weighted by molar-refractivity contribution is 5.91. The Morgan fingerprint density at radius 1 is 0.957 bits per heavy atom. The molecule has 2 N–H and O–H groups in total. The van der Waals surface area contributed by atoms with E-state index in [-0.39, 0.29) is 22.5 Å². The molecule has 0 aromatic carbocycles. The van der Waals surface area contributed by atoms with Crippen LogP contribution in [0, 0.1) is 22.7 Å². The van der Waals surface area contributed by atoms with Crippen molar-refractivity contribution in [2.45, 2.75) is 83.3 Å². The maximum absolute atomic E-state index is 11.9. The minimum atomic E-state index is -0.706. The number of carbonyl (C=O) groups is 1. The fraction of sp³-hybridized carbons (Fsp3) is 0.850. The molecule has 6 atom stereocenters. The maximum atomic E-state index is 11.9. The highest BCUT2D eigenvalue weighted by Gasteiger charge is 2.67. The van der Waals surface area contributed by atoms with Gasteiger partial charge in [-0.25, -0.2) is 0 Å². The third-order valence-electron chi connectivity index (χ3n) is 8.71. The molecule has 128 valence electrons. The Balaban J connectivity index is 1.77. The Morgan fingerprint density at radius 2 is 1.70 bits per heavy atom. The minimum Gasteiger partial charge on any atom is -0.390 e. The van der Waals surface area contributed by atoms with Gasteiger partial charge in [0.05, 0.1) is 11.2 Å². The van der Waals surface area contributed by atoms with Crippen molar-refractivity contribution < 1.29 is 15.0 Å². The number of fused-ring (bicyclic) bond motifs is 5. The standard InChI is InChI=1S/C20H30O3/c1-17-8-6-14(21)12-13(17)4-5-16-15-7-9-19(3,22)18(15,2)10-11-20(16,17)23/h12,15-16,22-23H,4-11H2,1-3H3/t15-,16-,17-,18-,19-,20+/m0/s1. The Kier molecular flexibility index (Phi) is 3.09. The van der Waals surface area contributed by atoms with Crippen molar-refractivity contribution in [1.82, 2.24) is 0 Å². The van der Waals surface area contributed by atoms with Crippen molar-refractivity contribution in [3.63, 3.8) is 0 Å². The lowest BCUT2D eigenvalue weighted by molar-refractivity contribution is -0.207. The summed E-state index contributed by atoms with van der Waals surface area (Å²) >= 11 is 0. The van der Waals surface area contributed by atoms with E-state index in [2.05, 4.69) is 13.8 Å². The van der Waals surface area contributed by atoms with Gasteiger partial charge in [-0.2, -0.15) is 0 Å². The molecule has 0 radical (unpaired) electrons. The van der Waals surface area contributed by atoms with Crippen LogP contribution in [0.4, 0.5) is 0 Å². The molecule has 23 heavy (non-hydrogen) atoms. The second-order valence-electron chi connectivity index (χ2n) is 9.37. The Morgan fingerprint density at radius 3 is 2.43 bits per heavy atom. The third kappa shape index (κ3) is 1.76. The van der Waals surface area contributed by atoms with Crippen molar-refractivity contribution in [1.29, 1.82) is 0 Å². The number of hydrogen-bond donors (Lipinski definition) is 2. The molecular formula is C20H30O3. The summed E-state index contributed by atoms with van der Waals surface area (Å²) < 4.78 is 0. The molecule has 0 aromatic rings. The van der Waals surface area contributed by atoms with Gasteiger partial charge in [0.2, 0.25) is 0 Å². The van der Waals surface area contributed by atoms with Gasteiger partial charge in [0.1, 0.15) is 0 Å². The van der Waals surface area contributed by atoms with Gasteiger partial charge in [-0.15, -0.1) is 0 Å². The van der Waals surface area contributed by atoms with Crippen molar-refractivity contribution in [3.05, 3.63) is 11.6 Å². The van der Waals surface area contributed by atoms with Crippen molar-refractivity contribution >= 4 is 5.78 Å². The molecule has 0 amide bonds. The van der Waals surface area contributed by atoms with Gasteiger partial charge in [-0.05, 0) is 75.2 Å². The first-order valence-corrected chi connectivity index (χ1v) is 9.33. The van der Waals surface area contributed by atoms with Crippen LogP contribution in [0.1, 0.15) is 72.1 Å². The average molecular weight is 318 g/mol. The van der Waals surface area contributed by atoms with Gasteiger partial charge in [-0.1, -0.05) is 19.4 Å². The molecular weight excluding hydrogens is 288 g/mol. The molecule has 4 aliphatic carbocycles. The van der Waals surface area contributed by atoms with Crippen LogP contribution >= 0.6 is 0 Å². The van der Waals surface area contributed by atoms with E-state index in [9.17, 15) is 15.0 Å². The third-order valence-corrected chi connectivity index (χ3v) is 8.71. The molecule has 0 saturated heterocycles. The lowest BCUT2D eigenvalue weighted by atomic mass is 9.44. The van der Waals surface area contributed by atoms with E-state index < -0.39 is 11.2 Å². The van der Waals surface area contributed by atoms with Gasteiger partial charge in [-0.3, -0.25) is 4.79 Å². The number of rotatable bonds is 0. The van der Waals surface area contributed by atoms with Crippen LogP contribution in [0.3, 0.4) is 0 Å². The summed E-state index contributed by atoms with van der Waals surface area (Å²) in [6.07, 6.45) is 8.57. The van der Waals surface area contributed by atoms with Crippen LogP contribution in [0.2, 0.25) is 0 Å². The predicted molar refractivity (Wildman–Crippen MR) is 88.8 cm³/mol. The fourth-order valence-electron chi connectivity index (χ4n) is 6.75. The van der Waals surface area contributed by atoms with Crippen LogP contribution in [0.15, 0.2) is 11.6 Å². The lowest BCUT2D eigenvalue weighted by Crippen LogP contribution is -2.64. The van der Waals surface area contributed by atoms with Crippen LogP contribution in [0.5, 0.6) is 0 Å². The molecule has 4 aliphatic rings. The highest BCUT2D eigenvalue weighted by Crippen LogP contribution is 2.68. The molecule has 3 nitrogen and oxygen atoms in total. The molecule has 0 unspecified atom stereocenters. The molecule has 0 spiro atoms. The van der Waals surface area contributed by atoms with Gasteiger partial charge >= 0.3 is 0 Å². The van der Waals surface area contributed by atoms with Gasteiger partial charge in [0.25, 0.3) is 0 Å². The summed E-state index contributed by atoms with van der Waals surface area (Å²) in [5.41, 5.74) is -0.465. The van der Waals surface area contributed by atoms with Crippen LogP contribution in [-0.4, -0.2) is 27.2 Å². The van der Waals surface area contributed by atoms with E-state index in [0.717, 1.165) is 44.9 Å². The van der Waals surface area contributed by atoms with Crippen molar-refractivity contribution in [3.8, 4) is 0 Å². The van der Waals surface area contributed by atoms with Crippen LogP contribution in [0.25, 0.3) is 0 Å². The zero-order valence-electron chi connectivity index (χ0n) is 14.7. The topological polar surface area (TPSA) is 57.5 Å². The van der Waals surface area contributed by atoms with E-state index in [1.54, 1.807) is 0 Å². The molecule has 0 aromatic heterocycles. The number of ketones is 1. The normalized spacial score (nSPS) is 55.7. The predicted octanol–water partition coefficient (Wildman–Crippen LogP) is 3.38. The molecule has 3 heteroatoms. The first kappa shape index (κ1) is 15.8. The van der Waals surface area contributed by atoms with E-state index in [1.165, 1.54) is 5.57 Å². The van der Waals surface area contributed by atoms with Gasteiger partial charge in [0, 0.05) is 11.8 Å². The molecule has 3 fully saturated rings. The fourth-order valence-corrected chi connectivity index (χ4v) is 6.75. The molecule has 4 rings (SSSR count). The van der Waals surface area contributed by atoms with Crippen molar-refractivity contribution in [2.24, 2.45) is 22.7 Å². The van der Waals surface area contributed by atoms with Gasteiger partial charge < -0.3 is 10.2 Å². The Hall–Kier alpha value is -0.670. The summed E-state index contributed by atoms with van der Waals surface area (Å²) in [6.45, 7) is 6.42. The van der Waals surface area contributed by atoms with E-state index in [4.69, 9.17) is 0 Å². The first-order valence-electron chi connectivity index (χ1n) is 9.33. The van der Waals surface area contributed by atoms with E-state index in [1.807, 2.05) is 13.0 Å². The quantitative estimate of drug-likeness (QED) is 0.720. The second kappa shape index (κ2) is 4.49. The number of hydrogen-bond acceptors (Lipinski definition) is 3. The summed E-state index contributed by atoms with van der Waals surface area (Å²) in [7, 11) is 0. The highest BCUT2D eigenvalue weighted by atomic mass is 16.3. The van der Waals surface area contributed by atoms with Crippen molar-refractivity contribution in [2.75, 3.05) is 0 Å².